The third kappa shape index (κ3) is 3.02. The highest BCUT2D eigenvalue weighted by Gasteiger charge is 2.58. The zero-order chi connectivity index (χ0) is 18.9. The Bertz CT molecular complexity index is 738. The van der Waals surface area contributed by atoms with Gasteiger partial charge in [-0.2, -0.15) is 0 Å². The van der Waals surface area contributed by atoms with E-state index in [2.05, 4.69) is 15.9 Å². The number of hydrogen-bond acceptors (Lipinski definition) is 6. The lowest BCUT2D eigenvalue weighted by atomic mass is 9.64. The van der Waals surface area contributed by atoms with Crippen LogP contribution in [0.1, 0.15) is 44.1 Å². The molecule has 2 aliphatic rings. The first-order chi connectivity index (χ1) is 12.4. The van der Waals surface area contributed by atoms with Crippen molar-refractivity contribution in [2.24, 2.45) is 11.3 Å². The molecule has 140 valence electrons. The summed E-state index contributed by atoms with van der Waals surface area (Å²) in [5, 5.41) is 0. The van der Waals surface area contributed by atoms with E-state index in [-0.39, 0.29) is 6.61 Å². The molecule has 0 amide bonds. The van der Waals surface area contributed by atoms with Gasteiger partial charge in [0.2, 0.25) is 0 Å². The van der Waals surface area contributed by atoms with E-state index in [9.17, 15) is 14.4 Å². The molecule has 0 saturated heterocycles. The van der Waals surface area contributed by atoms with Crippen molar-refractivity contribution in [3.63, 3.8) is 0 Å². The molecule has 26 heavy (non-hydrogen) atoms. The summed E-state index contributed by atoms with van der Waals surface area (Å²) in [6.45, 7) is 1.82. The molecular formula is C19H21BrO6. The number of carbonyl (C=O) groups excluding carboxylic acids is 3. The van der Waals surface area contributed by atoms with Gasteiger partial charge in [-0.15, -0.1) is 0 Å². The van der Waals surface area contributed by atoms with E-state index in [4.69, 9.17) is 14.2 Å². The number of benzene rings is 1. The van der Waals surface area contributed by atoms with E-state index in [1.54, 1.807) is 19.1 Å². The van der Waals surface area contributed by atoms with E-state index in [1.165, 1.54) is 7.11 Å². The second-order valence-electron chi connectivity index (χ2n) is 6.67. The number of rotatable bonds is 4. The van der Waals surface area contributed by atoms with Crippen molar-refractivity contribution in [3.8, 4) is 5.75 Å². The summed E-state index contributed by atoms with van der Waals surface area (Å²) >= 11 is 3.43. The number of carbonyl (C=O) groups is 3. The number of halogens is 1. The molecule has 1 heterocycles. The Morgan fingerprint density at radius 2 is 2.00 bits per heavy atom. The number of ether oxygens (including phenoxy) is 3. The SMILES string of the molecule is CCOC(=O)[C@@H]1C(=O)Oc2ccc(Br)cc2[C@@H]1C1(C(=O)OC)CCCC1. The Morgan fingerprint density at radius 1 is 1.31 bits per heavy atom. The van der Waals surface area contributed by atoms with Crippen molar-refractivity contribution in [2.75, 3.05) is 13.7 Å². The fraction of sp³-hybridized carbons (Fsp3) is 0.526. The van der Waals surface area contributed by atoms with Crippen molar-refractivity contribution in [3.05, 3.63) is 28.2 Å². The van der Waals surface area contributed by atoms with Gasteiger partial charge in [0.1, 0.15) is 5.75 Å². The van der Waals surface area contributed by atoms with Crippen molar-refractivity contribution in [2.45, 2.75) is 38.5 Å². The maximum absolute atomic E-state index is 12.8. The van der Waals surface area contributed by atoms with Crippen LogP contribution in [0.25, 0.3) is 0 Å². The number of hydrogen-bond donors (Lipinski definition) is 0. The normalized spacial score (nSPS) is 23.7. The third-order valence-electron chi connectivity index (χ3n) is 5.33. The molecule has 1 fully saturated rings. The standard InChI is InChI=1S/C19H21BrO6/c1-3-25-16(21)14-15(19(18(23)24-2)8-4-5-9-19)12-10-11(20)6-7-13(12)26-17(14)22/h6-7,10,14-15H,3-5,8-9H2,1-2H3/t14-,15+/m1/s1. The lowest BCUT2D eigenvalue weighted by molar-refractivity contribution is -0.166. The predicted octanol–water partition coefficient (Wildman–Crippen LogP) is 3.36. The van der Waals surface area contributed by atoms with Gasteiger partial charge < -0.3 is 14.2 Å². The Kier molecular flexibility index (Phi) is 5.37. The quantitative estimate of drug-likeness (QED) is 0.418. The van der Waals surface area contributed by atoms with E-state index in [1.807, 2.05) is 6.07 Å². The molecular weight excluding hydrogens is 404 g/mol. The van der Waals surface area contributed by atoms with Crippen LogP contribution in [0, 0.1) is 11.3 Å². The molecule has 1 aromatic rings. The molecule has 1 saturated carbocycles. The minimum absolute atomic E-state index is 0.145. The van der Waals surface area contributed by atoms with Crippen molar-refractivity contribution < 1.29 is 28.6 Å². The maximum atomic E-state index is 12.8. The summed E-state index contributed by atoms with van der Waals surface area (Å²) in [7, 11) is 1.34. The van der Waals surface area contributed by atoms with Crippen molar-refractivity contribution >= 4 is 33.8 Å². The highest BCUT2D eigenvalue weighted by molar-refractivity contribution is 9.10. The average Bonchev–Trinajstić information content (AvgIpc) is 3.11. The molecule has 1 aliphatic carbocycles. The molecule has 6 nitrogen and oxygen atoms in total. The minimum atomic E-state index is -1.19. The monoisotopic (exact) mass is 424 g/mol. The van der Waals surface area contributed by atoms with E-state index < -0.39 is 35.2 Å². The van der Waals surface area contributed by atoms with Gasteiger partial charge in [0.15, 0.2) is 5.92 Å². The number of fused-ring (bicyclic) bond motifs is 1. The lowest BCUT2D eigenvalue weighted by Gasteiger charge is -2.41. The Morgan fingerprint density at radius 3 is 2.62 bits per heavy atom. The van der Waals surface area contributed by atoms with E-state index >= 15 is 0 Å². The topological polar surface area (TPSA) is 78.9 Å². The summed E-state index contributed by atoms with van der Waals surface area (Å²) in [5.41, 5.74) is -0.287. The fourth-order valence-corrected chi connectivity index (χ4v) is 4.65. The largest absolute Gasteiger partial charge is 0.469 e. The molecule has 7 heteroatoms. The van der Waals surface area contributed by atoms with Gasteiger partial charge in [0, 0.05) is 16.0 Å². The molecule has 1 aliphatic heterocycles. The molecule has 0 aromatic heterocycles. The lowest BCUT2D eigenvalue weighted by Crippen LogP contribution is -2.48. The Labute approximate surface area is 160 Å². The van der Waals surface area contributed by atoms with Gasteiger partial charge in [-0.05, 0) is 38.0 Å². The van der Waals surface area contributed by atoms with Crippen LogP contribution in [0.3, 0.4) is 0 Å². The van der Waals surface area contributed by atoms with Crippen LogP contribution in [-0.4, -0.2) is 31.6 Å². The minimum Gasteiger partial charge on any atom is -0.469 e. The number of esters is 3. The Hall–Kier alpha value is -1.89. The highest BCUT2D eigenvalue weighted by atomic mass is 79.9. The molecule has 0 unspecified atom stereocenters. The zero-order valence-corrected chi connectivity index (χ0v) is 16.3. The summed E-state index contributed by atoms with van der Waals surface area (Å²) in [6.07, 6.45) is 2.78. The maximum Gasteiger partial charge on any atom is 0.326 e. The second kappa shape index (κ2) is 7.39. The van der Waals surface area contributed by atoms with Gasteiger partial charge in [-0.3, -0.25) is 14.4 Å². The van der Waals surface area contributed by atoms with Gasteiger partial charge in [0.25, 0.3) is 0 Å². The van der Waals surface area contributed by atoms with Gasteiger partial charge >= 0.3 is 17.9 Å². The smallest absolute Gasteiger partial charge is 0.326 e. The summed E-state index contributed by atoms with van der Waals surface area (Å²) in [4.78, 5) is 38.2. The predicted molar refractivity (Wildman–Crippen MR) is 95.6 cm³/mol. The van der Waals surface area contributed by atoms with Gasteiger partial charge in [-0.1, -0.05) is 28.8 Å². The van der Waals surface area contributed by atoms with Crippen LogP contribution >= 0.6 is 15.9 Å². The molecule has 3 rings (SSSR count). The first-order valence-corrected chi connectivity index (χ1v) is 9.50. The highest BCUT2D eigenvalue weighted by Crippen LogP contribution is 2.56. The number of methoxy groups -OCH3 is 1. The molecule has 0 bridgehead atoms. The van der Waals surface area contributed by atoms with Gasteiger partial charge in [0.05, 0.1) is 19.1 Å². The van der Waals surface area contributed by atoms with Crippen LogP contribution < -0.4 is 4.74 Å². The van der Waals surface area contributed by atoms with Crippen LogP contribution in [0.5, 0.6) is 5.75 Å². The van der Waals surface area contributed by atoms with Crippen LogP contribution in [0.15, 0.2) is 22.7 Å². The zero-order valence-electron chi connectivity index (χ0n) is 14.7. The summed E-state index contributed by atoms with van der Waals surface area (Å²) < 4.78 is 16.4. The summed E-state index contributed by atoms with van der Waals surface area (Å²) in [6, 6.07) is 5.24. The summed E-state index contributed by atoms with van der Waals surface area (Å²) in [5.74, 6) is -3.23. The molecule has 2 atom stereocenters. The first-order valence-electron chi connectivity index (χ1n) is 8.71. The van der Waals surface area contributed by atoms with E-state index in [0.717, 1.165) is 17.3 Å². The van der Waals surface area contributed by atoms with Gasteiger partial charge in [-0.25, -0.2) is 0 Å². The van der Waals surface area contributed by atoms with Crippen molar-refractivity contribution in [1.29, 1.82) is 0 Å². The van der Waals surface area contributed by atoms with Crippen molar-refractivity contribution in [1.82, 2.24) is 0 Å². The second-order valence-corrected chi connectivity index (χ2v) is 7.58. The molecule has 1 aromatic carbocycles. The van der Waals surface area contributed by atoms with Crippen LogP contribution in [0.4, 0.5) is 0 Å². The third-order valence-corrected chi connectivity index (χ3v) is 5.82. The first kappa shape index (κ1) is 18.9. The average molecular weight is 425 g/mol. The molecule has 0 radical (unpaired) electrons. The van der Waals surface area contributed by atoms with E-state index in [0.29, 0.717) is 24.2 Å². The fourth-order valence-electron chi connectivity index (χ4n) is 4.28. The van der Waals surface area contributed by atoms with Crippen LogP contribution in [-0.2, 0) is 23.9 Å². The Balaban J connectivity index is 2.20. The molecule has 0 spiro atoms. The molecule has 0 N–H and O–H groups in total. The van der Waals surface area contributed by atoms with Crippen LogP contribution in [0.2, 0.25) is 0 Å².